The Hall–Kier alpha value is -1.53. The number of anilines is 1. The van der Waals surface area contributed by atoms with Crippen molar-refractivity contribution in [3.05, 3.63) is 29.8 Å². The maximum atomic E-state index is 8.82. The number of para-hydroxylation sites is 1. The van der Waals surface area contributed by atoms with Crippen molar-refractivity contribution in [2.24, 2.45) is 0 Å². The lowest BCUT2D eigenvalue weighted by molar-refractivity contribution is 0.694. The Morgan fingerprint density at radius 1 is 1.42 bits per heavy atom. The van der Waals surface area contributed by atoms with E-state index >= 15 is 0 Å². The van der Waals surface area contributed by atoms with Crippen LogP contribution in [0.3, 0.4) is 0 Å². The average molecular weight is 159 g/mol. The SMILES string of the molecule is N#CC1CNNc2ccccc21. The van der Waals surface area contributed by atoms with E-state index in [1.165, 1.54) is 0 Å². The maximum Gasteiger partial charge on any atom is 0.0875 e. The topological polar surface area (TPSA) is 47.9 Å². The fourth-order valence-corrected chi connectivity index (χ4v) is 1.39. The lowest BCUT2D eigenvalue weighted by Gasteiger charge is -2.22. The second-order valence-corrected chi connectivity index (χ2v) is 2.77. The number of fused-ring (bicyclic) bond motifs is 1. The normalized spacial score (nSPS) is 20.4. The van der Waals surface area contributed by atoms with Crippen molar-refractivity contribution >= 4 is 5.69 Å². The van der Waals surface area contributed by atoms with E-state index in [2.05, 4.69) is 16.9 Å². The summed E-state index contributed by atoms with van der Waals surface area (Å²) in [5, 5.41) is 8.82. The van der Waals surface area contributed by atoms with E-state index in [1.54, 1.807) is 0 Å². The van der Waals surface area contributed by atoms with Crippen molar-refractivity contribution in [1.82, 2.24) is 5.43 Å². The van der Waals surface area contributed by atoms with E-state index in [-0.39, 0.29) is 5.92 Å². The van der Waals surface area contributed by atoms with Crippen LogP contribution in [0, 0.1) is 11.3 Å². The van der Waals surface area contributed by atoms with Crippen LogP contribution in [0.1, 0.15) is 11.5 Å². The summed E-state index contributed by atoms with van der Waals surface area (Å²) in [4.78, 5) is 0. The van der Waals surface area contributed by atoms with Gasteiger partial charge in [0.15, 0.2) is 0 Å². The summed E-state index contributed by atoms with van der Waals surface area (Å²) in [6, 6.07) is 10.1. The van der Waals surface area contributed by atoms with Crippen LogP contribution < -0.4 is 10.9 Å². The molecule has 60 valence electrons. The molecular formula is C9H9N3. The van der Waals surface area contributed by atoms with Gasteiger partial charge in [-0.2, -0.15) is 5.26 Å². The number of hydrogen-bond acceptors (Lipinski definition) is 3. The Bertz CT molecular complexity index is 327. The van der Waals surface area contributed by atoms with Crippen LogP contribution in [0.2, 0.25) is 0 Å². The molecule has 0 spiro atoms. The molecule has 0 aromatic heterocycles. The standard InChI is InChI=1S/C9H9N3/c10-5-7-6-11-12-9-4-2-1-3-8(7)9/h1-4,7,11-12H,6H2. The molecule has 1 heterocycles. The van der Waals surface area contributed by atoms with Gasteiger partial charge < -0.3 is 5.43 Å². The smallest absolute Gasteiger partial charge is 0.0875 e. The van der Waals surface area contributed by atoms with E-state index in [4.69, 9.17) is 5.26 Å². The first-order chi connectivity index (χ1) is 5.92. The fourth-order valence-electron chi connectivity index (χ4n) is 1.39. The van der Waals surface area contributed by atoms with E-state index < -0.39 is 0 Å². The van der Waals surface area contributed by atoms with Crippen molar-refractivity contribution < 1.29 is 0 Å². The maximum absolute atomic E-state index is 8.82. The predicted molar refractivity (Wildman–Crippen MR) is 46.4 cm³/mol. The van der Waals surface area contributed by atoms with Crippen LogP contribution in [0.5, 0.6) is 0 Å². The van der Waals surface area contributed by atoms with Gasteiger partial charge in [0, 0.05) is 6.54 Å². The lowest BCUT2D eigenvalue weighted by Crippen LogP contribution is -2.32. The van der Waals surface area contributed by atoms with Gasteiger partial charge in [-0.15, -0.1) is 0 Å². The molecule has 2 rings (SSSR count). The van der Waals surface area contributed by atoms with E-state index in [0.717, 1.165) is 11.3 Å². The Balaban J connectivity index is 2.45. The van der Waals surface area contributed by atoms with Gasteiger partial charge in [0.1, 0.15) is 0 Å². The third-order valence-corrected chi connectivity index (χ3v) is 2.02. The third kappa shape index (κ3) is 1.03. The van der Waals surface area contributed by atoms with Crippen LogP contribution in [-0.2, 0) is 0 Å². The molecule has 0 aliphatic carbocycles. The second kappa shape index (κ2) is 2.84. The number of hydrazine groups is 1. The summed E-state index contributed by atoms with van der Waals surface area (Å²) in [5.74, 6) is -0.0255. The van der Waals surface area contributed by atoms with Crippen LogP contribution in [0.15, 0.2) is 24.3 Å². The molecule has 1 aliphatic rings. The largest absolute Gasteiger partial charge is 0.321 e. The van der Waals surface area contributed by atoms with Crippen molar-refractivity contribution in [2.75, 3.05) is 12.0 Å². The molecule has 0 fully saturated rings. The number of nitrogens with one attached hydrogen (secondary N) is 2. The van der Waals surface area contributed by atoms with Gasteiger partial charge in [-0.05, 0) is 11.6 Å². The summed E-state index contributed by atoms with van der Waals surface area (Å²) < 4.78 is 0. The number of rotatable bonds is 0. The average Bonchev–Trinajstić information content (AvgIpc) is 2.17. The first kappa shape index (κ1) is 7.14. The predicted octanol–water partition coefficient (Wildman–Crippen LogP) is 1.22. The Morgan fingerprint density at radius 3 is 3.08 bits per heavy atom. The van der Waals surface area contributed by atoms with E-state index in [0.29, 0.717) is 6.54 Å². The molecule has 0 amide bonds. The zero-order valence-corrected chi connectivity index (χ0v) is 6.54. The Morgan fingerprint density at radius 2 is 2.25 bits per heavy atom. The molecule has 0 bridgehead atoms. The first-order valence-electron chi connectivity index (χ1n) is 3.89. The molecule has 12 heavy (non-hydrogen) atoms. The summed E-state index contributed by atoms with van der Waals surface area (Å²) in [6.07, 6.45) is 0. The van der Waals surface area contributed by atoms with Crippen LogP contribution in [0.25, 0.3) is 0 Å². The van der Waals surface area contributed by atoms with Gasteiger partial charge in [0.25, 0.3) is 0 Å². The van der Waals surface area contributed by atoms with Crippen molar-refractivity contribution in [2.45, 2.75) is 5.92 Å². The van der Waals surface area contributed by atoms with Gasteiger partial charge in [0.2, 0.25) is 0 Å². The number of nitriles is 1. The molecule has 0 radical (unpaired) electrons. The number of nitrogens with zero attached hydrogens (tertiary/aromatic N) is 1. The van der Waals surface area contributed by atoms with Gasteiger partial charge >= 0.3 is 0 Å². The minimum atomic E-state index is -0.0255. The zero-order chi connectivity index (χ0) is 8.39. The zero-order valence-electron chi connectivity index (χ0n) is 6.54. The summed E-state index contributed by atoms with van der Waals surface area (Å²) in [7, 11) is 0. The minimum absolute atomic E-state index is 0.0255. The molecular weight excluding hydrogens is 150 g/mol. The summed E-state index contributed by atoms with van der Waals surface area (Å²) in [6.45, 7) is 0.674. The number of hydrogen-bond donors (Lipinski definition) is 2. The highest BCUT2D eigenvalue weighted by atomic mass is 15.4. The second-order valence-electron chi connectivity index (χ2n) is 2.77. The molecule has 3 heteroatoms. The van der Waals surface area contributed by atoms with Crippen LogP contribution in [0.4, 0.5) is 5.69 Å². The summed E-state index contributed by atoms with van der Waals surface area (Å²) in [5.41, 5.74) is 8.09. The highest BCUT2D eigenvalue weighted by Crippen LogP contribution is 2.25. The molecule has 1 atom stereocenters. The molecule has 1 aromatic carbocycles. The molecule has 2 N–H and O–H groups in total. The van der Waals surface area contributed by atoms with Crippen molar-refractivity contribution in [3.63, 3.8) is 0 Å². The van der Waals surface area contributed by atoms with Gasteiger partial charge in [-0.1, -0.05) is 18.2 Å². The van der Waals surface area contributed by atoms with E-state index in [9.17, 15) is 0 Å². The lowest BCUT2D eigenvalue weighted by atomic mass is 9.98. The van der Waals surface area contributed by atoms with Gasteiger partial charge in [0.05, 0.1) is 17.7 Å². The quantitative estimate of drug-likeness (QED) is 0.598. The fraction of sp³-hybridized carbons (Fsp3) is 0.222. The van der Waals surface area contributed by atoms with E-state index in [1.807, 2.05) is 24.3 Å². The van der Waals surface area contributed by atoms with Crippen LogP contribution >= 0.6 is 0 Å². The molecule has 0 saturated carbocycles. The highest BCUT2D eigenvalue weighted by Gasteiger charge is 2.17. The van der Waals surface area contributed by atoms with Gasteiger partial charge in [-0.3, -0.25) is 0 Å². The molecule has 3 nitrogen and oxygen atoms in total. The molecule has 1 unspecified atom stereocenters. The Kier molecular flexibility index (Phi) is 1.69. The monoisotopic (exact) mass is 159 g/mol. The van der Waals surface area contributed by atoms with Crippen LogP contribution in [-0.4, -0.2) is 6.54 Å². The van der Waals surface area contributed by atoms with Gasteiger partial charge in [-0.25, -0.2) is 5.43 Å². The molecule has 0 saturated heterocycles. The number of benzene rings is 1. The molecule has 1 aromatic rings. The van der Waals surface area contributed by atoms with Crippen molar-refractivity contribution in [3.8, 4) is 6.07 Å². The third-order valence-electron chi connectivity index (χ3n) is 2.02. The summed E-state index contributed by atoms with van der Waals surface area (Å²) >= 11 is 0. The highest BCUT2D eigenvalue weighted by molar-refractivity contribution is 5.55. The van der Waals surface area contributed by atoms with Crippen molar-refractivity contribution in [1.29, 1.82) is 5.26 Å². The molecule has 1 aliphatic heterocycles. The minimum Gasteiger partial charge on any atom is -0.321 e. The first-order valence-corrected chi connectivity index (χ1v) is 3.89. The Labute approximate surface area is 71.0 Å².